The molecule has 0 spiro atoms. The molecule has 0 aliphatic carbocycles. The second-order valence-corrected chi connectivity index (χ2v) is 4.64. The van der Waals surface area contributed by atoms with Gasteiger partial charge in [0.15, 0.2) is 0 Å². The van der Waals surface area contributed by atoms with E-state index in [-0.39, 0.29) is 5.60 Å². The molecule has 15 heavy (non-hydrogen) atoms. The van der Waals surface area contributed by atoms with Crippen LogP contribution in [-0.2, 0) is 9.47 Å². The van der Waals surface area contributed by atoms with Crippen LogP contribution in [0.1, 0.15) is 60.3 Å². The Balaban J connectivity index is 0. The van der Waals surface area contributed by atoms with Crippen molar-refractivity contribution in [2.75, 3.05) is 20.3 Å². The van der Waals surface area contributed by atoms with E-state index in [1.165, 1.54) is 25.7 Å². The zero-order chi connectivity index (χ0) is 12.2. The fourth-order valence-electron chi connectivity index (χ4n) is 0.595. The summed E-state index contributed by atoms with van der Waals surface area (Å²) in [7, 11) is 1.71. The molecule has 0 saturated heterocycles. The average Bonchev–Trinajstić information content (AvgIpc) is 2.18. The molecule has 2 heteroatoms. The van der Waals surface area contributed by atoms with Crippen LogP contribution >= 0.6 is 0 Å². The lowest BCUT2D eigenvalue weighted by Crippen LogP contribution is -2.15. The largest absolute Gasteiger partial charge is 0.381 e. The molecule has 0 fully saturated rings. The first-order valence-electron chi connectivity index (χ1n) is 6.10. The van der Waals surface area contributed by atoms with E-state index in [0.717, 1.165) is 13.2 Å². The van der Waals surface area contributed by atoms with Crippen molar-refractivity contribution in [3.05, 3.63) is 0 Å². The van der Waals surface area contributed by atoms with Gasteiger partial charge < -0.3 is 9.47 Å². The van der Waals surface area contributed by atoms with Gasteiger partial charge in [0.05, 0.1) is 5.60 Å². The quantitative estimate of drug-likeness (QED) is 0.627. The summed E-state index contributed by atoms with van der Waals surface area (Å²) in [6, 6.07) is 0. The summed E-state index contributed by atoms with van der Waals surface area (Å²) in [6.07, 6.45) is 4.91. The molecule has 0 bridgehead atoms. The van der Waals surface area contributed by atoms with Gasteiger partial charge in [-0.25, -0.2) is 0 Å². The highest BCUT2D eigenvalue weighted by molar-refractivity contribution is 4.55. The van der Waals surface area contributed by atoms with Crippen molar-refractivity contribution in [2.45, 2.75) is 65.9 Å². The van der Waals surface area contributed by atoms with Crippen LogP contribution in [-0.4, -0.2) is 25.9 Å². The van der Waals surface area contributed by atoms with E-state index in [9.17, 15) is 0 Å². The second-order valence-electron chi connectivity index (χ2n) is 4.64. The lowest BCUT2D eigenvalue weighted by molar-refractivity contribution is 0.0397. The first-order valence-corrected chi connectivity index (χ1v) is 6.10. The molecule has 0 aromatic carbocycles. The fraction of sp³-hybridized carbons (Fsp3) is 1.00. The molecular weight excluding hydrogens is 188 g/mol. The molecule has 0 aromatic heterocycles. The van der Waals surface area contributed by atoms with Crippen LogP contribution in [0.25, 0.3) is 0 Å². The molecule has 0 aliphatic heterocycles. The first-order chi connectivity index (χ1) is 6.97. The minimum absolute atomic E-state index is 0.0417. The highest BCUT2D eigenvalue weighted by Gasteiger charge is 2.03. The number of unbranched alkanes of at least 4 members (excludes halogenated alkanes) is 2. The standard InChI is InChI=1S/C8H18O.C5H12O/c1-3-5-7-9-8-6-4-2;1-5(2,3)6-4/h3-8H2,1-2H3;1-4H3. The number of hydrogen-bond acceptors (Lipinski definition) is 2. The van der Waals surface area contributed by atoms with Gasteiger partial charge in [0.25, 0.3) is 0 Å². The maximum atomic E-state index is 5.31. The molecule has 0 heterocycles. The van der Waals surface area contributed by atoms with E-state index in [0.29, 0.717) is 0 Å². The summed E-state index contributed by atoms with van der Waals surface area (Å²) >= 11 is 0. The van der Waals surface area contributed by atoms with Gasteiger partial charge in [-0.2, -0.15) is 0 Å². The fourth-order valence-corrected chi connectivity index (χ4v) is 0.595. The maximum Gasteiger partial charge on any atom is 0.0594 e. The van der Waals surface area contributed by atoms with Crippen molar-refractivity contribution in [2.24, 2.45) is 0 Å². The summed E-state index contributed by atoms with van der Waals surface area (Å²) in [5.74, 6) is 0. The van der Waals surface area contributed by atoms with E-state index < -0.39 is 0 Å². The van der Waals surface area contributed by atoms with Crippen molar-refractivity contribution in [3.63, 3.8) is 0 Å². The van der Waals surface area contributed by atoms with Crippen LogP contribution in [0.3, 0.4) is 0 Å². The predicted octanol–water partition coefficient (Wildman–Crippen LogP) is 4.03. The predicted molar refractivity (Wildman–Crippen MR) is 67.4 cm³/mol. The Bertz CT molecular complexity index is 99.6. The van der Waals surface area contributed by atoms with E-state index in [2.05, 4.69) is 13.8 Å². The van der Waals surface area contributed by atoms with Crippen LogP contribution in [0.5, 0.6) is 0 Å². The number of hydrogen-bond donors (Lipinski definition) is 0. The summed E-state index contributed by atoms with van der Waals surface area (Å²) in [6.45, 7) is 12.3. The maximum absolute atomic E-state index is 5.31. The van der Waals surface area contributed by atoms with Gasteiger partial charge in [-0.3, -0.25) is 0 Å². The van der Waals surface area contributed by atoms with Gasteiger partial charge in [-0.1, -0.05) is 26.7 Å². The van der Waals surface area contributed by atoms with Crippen molar-refractivity contribution >= 4 is 0 Å². The molecular formula is C13H30O2. The summed E-state index contributed by atoms with van der Waals surface area (Å²) in [5, 5.41) is 0. The first kappa shape index (κ1) is 17.3. The SMILES string of the molecule is CCCCOCCCC.COC(C)(C)C. The molecule has 0 saturated carbocycles. The molecule has 2 nitrogen and oxygen atoms in total. The average molecular weight is 218 g/mol. The molecule has 0 atom stereocenters. The molecule has 0 aromatic rings. The van der Waals surface area contributed by atoms with Crippen molar-refractivity contribution < 1.29 is 9.47 Å². The number of ether oxygens (including phenoxy) is 2. The Morgan fingerprint density at radius 1 is 0.867 bits per heavy atom. The van der Waals surface area contributed by atoms with E-state index in [1.807, 2.05) is 20.8 Å². The van der Waals surface area contributed by atoms with E-state index >= 15 is 0 Å². The Kier molecular flexibility index (Phi) is 13.8. The molecule has 0 radical (unpaired) electrons. The van der Waals surface area contributed by atoms with Crippen molar-refractivity contribution in [1.82, 2.24) is 0 Å². The van der Waals surface area contributed by atoms with Crippen molar-refractivity contribution in [3.8, 4) is 0 Å². The monoisotopic (exact) mass is 218 g/mol. The zero-order valence-corrected chi connectivity index (χ0v) is 11.6. The minimum Gasteiger partial charge on any atom is -0.381 e. The van der Waals surface area contributed by atoms with Gasteiger partial charge in [0, 0.05) is 20.3 Å². The van der Waals surface area contributed by atoms with E-state index in [1.54, 1.807) is 7.11 Å². The molecule has 0 aliphatic rings. The van der Waals surface area contributed by atoms with Gasteiger partial charge in [0.1, 0.15) is 0 Å². The summed E-state index contributed by atoms with van der Waals surface area (Å²) in [4.78, 5) is 0. The molecule has 0 unspecified atom stereocenters. The van der Waals surface area contributed by atoms with Gasteiger partial charge in [-0.15, -0.1) is 0 Å². The van der Waals surface area contributed by atoms with Crippen LogP contribution < -0.4 is 0 Å². The van der Waals surface area contributed by atoms with Crippen LogP contribution in [0.15, 0.2) is 0 Å². The number of rotatable bonds is 6. The zero-order valence-electron chi connectivity index (χ0n) is 11.6. The topological polar surface area (TPSA) is 18.5 Å². The van der Waals surface area contributed by atoms with Crippen LogP contribution in [0.4, 0.5) is 0 Å². The second kappa shape index (κ2) is 12.0. The normalized spacial score (nSPS) is 10.8. The molecule has 94 valence electrons. The van der Waals surface area contributed by atoms with Gasteiger partial charge in [-0.05, 0) is 33.6 Å². The number of methoxy groups -OCH3 is 1. The Hall–Kier alpha value is -0.0800. The summed E-state index contributed by atoms with van der Waals surface area (Å²) < 4.78 is 10.3. The lowest BCUT2D eigenvalue weighted by atomic mass is 10.2. The third-order valence-electron chi connectivity index (χ3n) is 1.90. The Morgan fingerprint density at radius 2 is 1.20 bits per heavy atom. The third kappa shape index (κ3) is 24.9. The Labute approximate surface area is 96.4 Å². The van der Waals surface area contributed by atoms with E-state index in [4.69, 9.17) is 9.47 Å². The van der Waals surface area contributed by atoms with Crippen molar-refractivity contribution in [1.29, 1.82) is 0 Å². The van der Waals surface area contributed by atoms with Crippen LogP contribution in [0.2, 0.25) is 0 Å². The lowest BCUT2D eigenvalue weighted by Gasteiger charge is -2.14. The third-order valence-corrected chi connectivity index (χ3v) is 1.90. The van der Waals surface area contributed by atoms with Gasteiger partial charge in [0.2, 0.25) is 0 Å². The summed E-state index contributed by atoms with van der Waals surface area (Å²) in [5.41, 5.74) is 0.0417. The van der Waals surface area contributed by atoms with Gasteiger partial charge >= 0.3 is 0 Å². The molecule has 0 N–H and O–H groups in total. The van der Waals surface area contributed by atoms with Crippen LogP contribution in [0, 0.1) is 0 Å². The molecule has 0 amide bonds. The molecule has 0 rings (SSSR count). The minimum atomic E-state index is 0.0417. The smallest absolute Gasteiger partial charge is 0.0594 e. The highest BCUT2D eigenvalue weighted by Crippen LogP contribution is 2.02. The Morgan fingerprint density at radius 3 is 1.40 bits per heavy atom. The highest BCUT2D eigenvalue weighted by atomic mass is 16.5.